The largest absolute Gasteiger partial charge is 0.385 e. The molecule has 0 saturated carbocycles. The second kappa shape index (κ2) is 6.15. The molecule has 6 heteroatoms. The van der Waals surface area contributed by atoms with E-state index in [9.17, 15) is 10.1 Å². The molecule has 0 fully saturated rings. The molecule has 1 N–H and O–H groups in total. The van der Waals surface area contributed by atoms with Crippen molar-refractivity contribution in [2.45, 2.75) is 26.3 Å². The molecule has 1 heterocycles. The Bertz CT molecular complexity index is 396. The molecule has 0 aliphatic heterocycles. The maximum Gasteiger partial charge on any atom is 0.311 e. The van der Waals surface area contributed by atoms with Gasteiger partial charge in [0.05, 0.1) is 4.92 Å². The minimum absolute atomic E-state index is 0.00858. The van der Waals surface area contributed by atoms with Gasteiger partial charge in [-0.3, -0.25) is 10.1 Å². The van der Waals surface area contributed by atoms with Gasteiger partial charge in [-0.05, 0) is 25.8 Å². The minimum atomic E-state index is -0.425. The van der Waals surface area contributed by atoms with Crippen LogP contribution in [0.25, 0.3) is 0 Å². The highest BCUT2D eigenvalue weighted by Gasteiger charge is 2.16. The number of nitrogens with one attached hydrogen (secondary N) is 1. The molecule has 1 aromatic rings. The number of rotatable bonds is 6. The quantitative estimate of drug-likeness (QED) is 0.607. The van der Waals surface area contributed by atoms with Crippen LogP contribution in [-0.2, 0) is 4.74 Å². The zero-order valence-electron chi connectivity index (χ0n) is 10.3. The molecule has 1 unspecified atom stereocenters. The smallest absolute Gasteiger partial charge is 0.311 e. The normalized spacial score (nSPS) is 12.2. The molecule has 0 aromatic carbocycles. The maximum absolute atomic E-state index is 10.9. The first-order valence-electron chi connectivity index (χ1n) is 5.41. The van der Waals surface area contributed by atoms with Gasteiger partial charge in [0.15, 0.2) is 0 Å². The van der Waals surface area contributed by atoms with E-state index in [1.54, 1.807) is 20.2 Å². The molecule has 0 radical (unpaired) electrons. The second-order valence-corrected chi connectivity index (χ2v) is 3.96. The zero-order chi connectivity index (χ0) is 12.8. The molecule has 0 saturated heterocycles. The lowest BCUT2D eigenvalue weighted by atomic mass is 10.2. The monoisotopic (exact) mass is 239 g/mol. The van der Waals surface area contributed by atoms with Crippen molar-refractivity contribution < 1.29 is 9.66 Å². The van der Waals surface area contributed by atoms with E-state index in [1.807, 2.05) is 6.92 Å². The van der Waals surface area contributed by atoms with E-state index in [1.165, 1.54) is 6.07 Å². The van der Waals surface area contributed by atoms with Crippen LogP contribution < -0.4 is 5.32 Å². The van der Waals surface area contributed by atoms with Crippen LogP contribution in [0.5, 0.6) is 0 Å². The van der Waals surface area contributed by atoms with Crippen LogP contribution in [0.15, 0.2) is 12.3 Å². The summed E-state index contributed by atoms with van der Waals surface area (Å²) in [7, 11) is 1.62. The predicted molar refractivity (Wildman–Crippen MR) is 65.2 cm³/mol. The van der Waals surface area contributed by atoms with Crippen molar-refractivity contribution in [1.29, 1.82) is 0 Å². The van der Waals surface area contributed by atoms with Gasteiger partial charge in [-0.2, -0.15) is 0 Å². The molecule has 1 rings (SSSR count). The van der Waals surface area contributed by atoms with Gasteiger partial charge in [0, 0.05) is 32.0 Å². The molecule has 0 aliphatic rings. The van der Waals surface area contributed by atoms with Crippen LogP contribution in [0.3, 0.4) is 0 Å². The lowest BCUT2D eigenvalue weighted by molar-refractivity contribution is -0.384. The Balaban J connectivity index is 2.79. The third kappa shape index (κ3) is 3.99. The lowest BCUT2D eigenvalue weighted by Crippen LogP contribution is -2.18. The third-order valence-electron chi connectivity index (χ3n) is 2.34. The zero-order valence-corrected chi connectivity index (χ0v) is 10.3. The number of hydrogen-bond donors (Lipinski definition) is 1. The average Bonchev–Trinajstić information content (AvgIpc) is 2.28. The third-order valence-corrected chi connectivity index (χ3v) is 2.34. The van der Waals surface area contributed by atoms with Crippen molar-refractivity contribution in [2.24, 2.45) is 0 Å². The van der Waals surface area contributed by atoms with Crippen molar-refractivity contribution >= 4 is 11.5 Å². The minimum Gasteiger partial charge on any atom is -0.385 e. The number of anilines is 1. The SMILES string of the molecule is COCCC(C)Nc1ncc(C)cc1[N+](=O)[O-]. The molecule has 0 spiro atoms. The molecule has 94 valence electrons. The molecule has 1 aromatic heterocycles. The van der Waals surface area contributed by atoms with Crippen LogP contribution in [0.2, 0.25) is 0 Å². The summed E-state index contributed by atoms with van der Waals surface area (Å²) in [6.07, 6.45) is 2.38. The number of aromatic nitrogens is 1. The van der Waals surface area contributed by atoms with E-state index >= 15 is 0 Å². The van der Waals surface area contributed by atoms with Gasteiger partial charge >= 0.3 is 5.69 Å². The van der Waals surface area contributed by atoms with Gasteiger partial charge in [0.25, 0.3) is 0 Å². The number of pyridine rings is 1. The van der Waals surface area contributed by atoms with Crippen molar-refractivity contribution in [3.8, 4) is 0 Å². The Morgan fingerprint density at radius 2 is 2.35 bits per heavy atom. The van der Waals surface area contributed by atoms with Crippen LogP contribution >= 0.6 is 0 Å². The first-order chi connectivity index (χ1) is 8.04. The fourth-order valence-electron chi connectivity index (χ4n) is 1.40. The topological polar surface area (TPSA) is 77.3 Å². The highest BCUT2D eigenvalue weighted by atomic mass is 16.6. The van der Waals surface area contributed by atoms with Crippen molar-refractivity contribution in [3.05, 3.63) is 27.9 Å². The van der Waals surface area contributed by atoms with E-state index in [0.717, 1.165) is 12.0 Å². The summed E-state index contributed by atoms with van der Waals surface area (Å²) in [4.78, 5) is 14.5. The molecular weight excluding hydrogens is 222 g/mol. The van der Waals surface area contributed by atoms with Gasteiger partial charge < -0.3 is 10.1 Å². The number of ether oxygens (including phenoxy) is 1. The first-order valence-corrected chi connectivity index (χ1v) is 5.41. The van der Waals surface area contributed by atoms with E-state index in [-0.39, 0.29) is 11.7 Å². The Kier molecular flexibility index (Phi) is 4.84. The van der Waals surface area contributed by atoms with Crippen molar-refractivity contribution in [3.63, 3.8) is 0 Å². The number of hydrogen-bond acceptors (Lipinski definition) is 5. The van der Waals surface area contributed by atoms with Gasteiger partial charge in [-0.15, -0.1) is 0 Å². The van der Waals surface area contributed by atoms with Crippen LogP contribution in [-0.4, -0.2) is 29.7 Å². The predicted octanol–water partition coefficient (Wildman–Crippen LogP) is 2.14. The molecule has 0 aliphatic carbocycles. The summed E-state index contributed by atoms with van der Waals surface area (Å²) < 4.78 is 4.95. The standard InChI is InChI=1S/C11H17N3O3/c1-8-6-10(14(15)16)11(12-7-8)13-9(2)4-5-17-3/h6-7,9H,4-5H2,1-3H3,(H,12,13). The summed E-state index contributed by atoms with van der Waals surface area (Å²) in [5, 5.41) is 13.9. The number of nitro groups is 1. The number of aryl methyl sites for hydroxylation is 1. The maximum atomic E-state index is 10.9. The van der Waals surface area contributed by atoms with Gasteiger partial charge in [0.1, 0.15) is 0 Å². The highest BCUT2D eigenvalue weighted by molar-refractivity contribution is 5.56. The fraction of sp³-hybridized carbons (Fsp3) is 0.545. The molecular formula is C11H17N3O3. The van der Waals surface area contributed by atoms with Crippen LogP contribution in [0.1, 0.15) is 18.9 Å². The fourth-order valence-corrected chi connectivity index (χ4v) is 1.40. The van der Waals surface area contributed by atoms with E-state index < -0.39 is 4.92 Å². The molecule has 17 heavy (non-hydrogen) atoms. The Morgan fingerprint density at radius 3 is 2.94 bits per heavy atom. The molecule has 0 bridgehead atoms. The van der Waals surface area contributed by atoms with Gasteiger partial charge in [0.2, 0.25) is 5.82 Å². The van der Waals surface area contributed by atoms with Crippen molar-refractivity contribution in [1.82, 2.24) is 4.98 Å². The molecule has 0 amide bonds. The number of methoxy groups -OCH3 is 1. The van der Waals surface area contributed by atoms with E-state index in [4.69, 9.17) is 4.74 Å². The summed E-state index contributed by atoms with van der Waals surface area (Å²) in [5.41, 5.74) is 0.779. The van der Waals surface area contributed by atoms with Crippen LogP contribution in [0.4, 0.5) is 11.5 Å². The van der Waals surface area contributed by atoms with Gasteiger partial charge in [-0.1, -0.05) is 0 Å². The first kappa shape index (κ1) is 13.4. The summed E-state index contributed by atoms with van der Waals surface area (Å²) in [5.74, 6) is 0.309. The Hall–Kier alpha value is -1.69. The highest BCUT2D eigenvalue weighted by Crippen LogP contribution is 2.23. The molecule has 6 nitrogen and oxygen atoms in total. The summed E-state index contributed by atoms with van der Waals surface area (Å²) >= 11 is 0. The summed E-state index contributed by atoms with van der Waals surface area (Å²) in [6.45, 7) is 4.32. The second-order valence-electron chi connectivity index (χ2n) is 3.96. The summed E-state index contributed by atoms with van der Waals surface area (Å²) in [6, 6.07) is 1.59. The average molecular weight is 239 g/mol. The lowest BCUT2D eigenvalue weighted by Gasteiger charge is -2.13. The van der Waals surface area contributed by atoms with Crippen molar-refractivity contribution in [2.75, 3.05) is 19.0 Å². The molecule has 1 atom stereocenters. The Labute approximate surface area is 100 Å². The van der Waals surface area contributed by atoms with Crippen LogP contribution in [0, 0.1) is 17.0 Å². The Morgan fingerprint density at radius 1 is 1.65 bits per heavy atom. The number of nitrogens with zero attached hydrogens (tertiary/aromatic N) is 2. The van der Waals surface area contributed by atoms with Gasteiger partial charge in [-0.25, -0.2) is 4.98 Å². The van der Waals surface area contributed by atoms with E-state index in [0.29, 0.717) is 12.4 Å². The van der Waals surface area contributed by atoms with E-state index in [2.05, 4.69) is 10.3 Å².